The number of carboxylic acid groups (broad SMARTS) is 1. The number of hydrogen-bond acceptors (Lipinski definition) is 5. The number of methoxy groups -OCH3 is 2. The van der Waals surface area contributed by atoms with E-state index in [2.05, 4.69) is 5.32 Å². The highest BCUT2D eigenvalue weighted by atomic mass is 32.2. The van der Waals surface area contributed by atoms with Gasteiger partial charge in [-0.3, -0.25) is 10.1 Å². The van der Waals surface area contributed by atoms with Gasteiger partial charge < -0.3 is 14.6 Å². The first-order chi connectivity index (χ1) is 6.67. The van der Waals surface area contributed by atoms with Gasteiger partial charge in [-0.1, -0.05) is 0 Å². The Morgan fingerprint density at radius 3 is 2.71 bits per heavy atom. The van der Waals surface area contributed by atoms with Crippen molar-refractivity contribution in [3.05, 3.63) is 0 Å². The average Bonchev–Trinajstić information content (AvgIpc) is 2.62. The Bertz CT molecular complexity index is 198. The summed E-state index contributed by atoms with van der Waals surface area (Å²) in [5.74, 6) is -0.202. The third-order valence-corrected chi connectivity index (χ3v) is 3.34. The van der Waals surface area contributed by atoms with E-state index in [4.69, 9.17) is 14.6 Å². The third-order valence-electron chi connectivity index (χ3n) is 2.08. The molecule has 0 aromatic rings. The number of nitrogens with one attached hydrogen (secondary N) is 1. The first-order valence-electron chi connectivity index (χ1n) is 4.33. The van der Waals surface area contributed by atoms with Crippen LogP contribution in [0.25, 0.3) is 0 Å². The van der Waals surface area contributed by atoms with Crippen molar-refractivity contribution in [2.45, 2.75) is 24.1 Å². The fourth-order valence-corrected chi connectivity index (χ4v) is 2.49. The molecule has 0 aromatic carbocycles. The predicted molar refractivity (Wildman–Crippen MR) is 53.2 cm³/mol. The topological polar surface area (TPSA) is 67.8 Å². The van der Waals surface area contributed by atoms with E-state index in [0.29, 0.717) is 12.2 Å². The summed E-state index contributed by atoms with van der Waals surface area (Å²) in [4.78, 5) is 10.6. The maximum Gasteiger partial charge on any atom is 0.321 e. The van der Waals surface area contributed by atoms with E-state index >= 15 is 0 Å². The quantitative estimate of drug-likeness (QED) is 0.642. The fraction of sp³-hybridized carbons (Fsp3) is 0.875. The molecule has 1 aliphatic heterocycles. The molecule has 14 heavy (non-hydrogen) atoms. The lowest BCUT2D eigenvalue weighted by atomic mass is 10.3. The number of carboxylic acids is 1. The van der Waals surface area contributed by atoms with Crippen LogP contribution in [0.15, 0.2) is 0 Å². The van der Waals surface area contributed by atoms with E-state index in [0.717, 1.165) is 0 Å². The molecule has 0 amide bonds. The summed E-state index contributed by atoms with van der Waals surface area (Å²) in [6, 6.07) is -0.445. The SMILES string of the molecule is COC(CC1NC(C(=O)O)CS1)OC. The summed E-state index contributed by atoms with van der Waals surface area (Å²) in [6.45, 7) is 0. The molecule has 82 valence electrons. The second-order valence-corrected chi connectivity index (χ2v) is 4.25. The highest BCUT2D eigenvalue weighted by molar-refractivity contribution is 8.00. The molecular formula is C8H15NO4S. The molecule has 0 bridgehead atoms. The van der Waals surface area contributed by atoms with Crippen molar-refractivity contribution in [1.82, 2.24) is 5.32 Å². The van der Waals surface area contributed by atoms with Gasteiger partial charge in [0.15, 0.2) is 6.29 Å². The van der Waals surface area contributed by atoms with E-state index in [1.807, 2.05) is 0 Å². The lowest BCUT2D eigenvalue weighted by Crippen LogP contribution is -2.38. The summed E-state index contributed by atoms with van der Waals surface area (Å²) in [6.07, 6.45) is 0.383. The van der Waals surface area contributed by atoms with Crippen LogP contribution >= 0.6 is 11.8 Å². The molecule has 1 fully saturated rings. The zero-order valence-electron chi connectivity index (χ0n) is 8.23. The van der Waals surface area contributed by atoms with Gasteiger partial charge in [-0.05, 0) is 0 Å². The van der Waals surface area contributed by atoms with E-state index in [1.54, 1.807) is 26.0 Å². The van der Waals surface area contributed by atoms with Crippen LogP contribution < -0.4 is 5.32 Å². The Labute approximate surface area is 87.1 Å². The molecule has 0 spiro atoms. The minimum absolute atomic E-state index is 0.0981. The molecule has 5 nitrogen and oxygen atoms in total. The molecule has 2 N–H and O–H groups in total. The smallest absolute Gasteiger partial charge is 0.321 e. The number of thioether (sulfide) groups is 1. The van der Waals surface area contributed by atoms with Crippen LogP contribution in [-0.4, -0.2) is 48.8 Å². The Balaban J connectivity index is 2.31. The first kappa shape index (κ1) is 11.8. The van der Waals surface area contributed by atoms with Gasteiger partial charge in [0.1, 0.15) is 6.04 Å². The molecule has 2 unspecified atom stereocenters. The molecule has 1 aliphatic rings. The van der Waals surface area contributed by atoms with Crippen molar-refractivity contribution >= 4 is 17.7 Å². The molecule has 0 aliphatic carbocycles. The minimum atomic E-state index is -0.800. The molecule has 1 rings (SSSR count). The van der Waals surface area contributed by atoms with Crippen molar-refractivity contribution in [3.63, 3.8) is 0 Å². The Morgan fingerprint density at radius 1 is 1.64 bits per heavy atom. The number of aliphatic carboxylic acids is 1. The van der Waals surface area contributed by atoms with Crippen LogP contribution in [0.1, 0.15) is 6.42 Å². The van der Waals surface area contributed by atoms with Gasteiger partial charge in [0.05, 0.1) is 5.37 Å². The summed E-state index contributed by atoms with van der Waals surface area (Å²) in [5, 5.41) is 11.8. The van der Waals surface area contributed by atoms with E-state index < -0.39 is 12.0 Å². The number of carbonyl (C=O) groups is 1. The largest absolute Gasteiger partial charge is 0.480 e. The maximum atomic E-state index is 10.6. The highest BCUT2D eigenvalue weighted by Gasteiger charge is 2.30. The van der Waals surface area contributed by atoms with Gasteiger partial charge in [-0.15, -0.1) is 11.8 Å². The highest BCUT2D eigenvalue weighted by Crippen LogP contribution is 2.23. The summed E-state index contributed by atoms with van der Waals surface area (Å²) in [5.41, 5.74) is 0. The molecule has 1 heterocycles. The second kappa shape index (κ2) is 5.55. The van der Waals surface area contributed by atoms with Crippen molar-refractivity contribution in [2.75, 3.05) is 20.0 Å². The summed E-state index contributed by atoms with van der Waals surface area (Å²) >= 11 is 1.59. The van der Waals surface area contributed by atoms with Crippen molar-refractivity contribution in [2.24, 2.45) is 0 Å². The summed E-state index contributed by atoms with van der Waals surface area (Å²) < 4.78 is 10.1. The van der Waals surface area contributed by atoms with Gasteiger partial charge in [0, 0.05) is 26.4 Å². The number of rotatable bonds is 5. The van der Waals surface area contributed by atoms with Crippen LogP contribution in [-0.2, 0) is 14.3 Å². The average molecular weight is 221 g/mol. The Kier molecular flexibility index (Phi) is 4.67. The zero-order valence-corrected chi connectivity index (χ0v) is 9.04. The van der Waals surface area contributed by atoms with Gasteiger partial charge >= 0.3 is 5.97 Å². The number of hydrogen-bond donors (Lipinski definition) is 2. The monoisotopic (exact) mass is 221 g/mol. The normalized spacial score (nSPS) is 27.1. The molecule has 0 aromatic heterocycles. The van der Waals surface area contributed by atoms with Crippen LogP contribution in [0.2, 0.25) is 0 Å². The second-order valence-electron chi connectivity index (χ2n) is 3.02. The molecule has 0 radical (unpaired) electrons. The Hall–Kier alpha value is -0.300. The molecular weight excluding hydrogens is 206 g/mol. The maximum absolute atomic E-state index is 10.6. The van der Waals surface area contributed by atoms with Gasteiger partial charge in [-0.25, -0.2) is 0 Å². The third kappa shape index (κ3) is 3.13. The van der Waals surface area contributed by atoms with Gasteiger partial charge in [0.2, 0.25) is 0 Å². The molecule has 0 saturated carbocycles. The van der Waals surface area contributed by atoms with Crippen LogP contribution in [0, 0.1) is 0 Å². The van der Waals surface area contributed by atoms with Crippen molar-refractivity contribution in [1.29, 1.82) is 0 Å². The lowest BCUT2D eigenvalue weighted by Gasteiger charge is -2.17. The predicted octanol–water partition coefficient (Wildman–Crippen LogP) is 0.111. The molecule has 1 saturated heterocycles. The first-order valence-corrected chi connectivity index (χ1v) is 5.38. The zero-order chi connectivity index (χ0) is 10.6. The lowest BCUT2D eigenvalue weighted by molar-refractivity contribution is -0.139. The van der Waals surface area contributed by atoms with Crippen molar-refractivity contribution < 1.29 is 19.4 Å². The standard InChI is InChI=1S/C8H15NO4S/c1-12-7(13-2)3-6-9-5(4-14-6)8(10)11/h5-7,9H,3-4H2,1-2H3,(H,10,11). The van der Waals surface area contributed by atoms with E-state index in [9.17, 15) is 4.79 Å². The van der Waals surface area contributed by atoms with Crippen LogP contribution in [0.4, 0.5) is 0 Å². The van der Waals surface area contributed by atoms with Crippen LogP contribution in [0.3, 0.4) is 0 Å². The fourth-order valence-electron chi connectivity index (χ4n) is 1.28. The Morgan fingerprint density at radius 2 is 2.29 bits per heavy atom. The molecule has 2 atom stereocenters. The van der Waals surface area contributed by atoms with Gasteiger partial charge in [0.25, 0.3) is 0 Å². The van der Waals surface area contributed by atoms with Gasteiger partial charge in [-0.2, -0.15) is 0 Å². The molecule has 6 heteroatoms. The van der Waals surface area contributed by atoms with E-state index in [-0.39, 0.29) is 11.7 Å². The van der Waals surface area contributed by atoms with Crippen molar-refractivity contribution in [3.8, 4) is 0 Å². The number of ether oxygens (including phenoxy) is 2. The minimum Gasteiger partial charge on any atom is -0.480 e. The summed E-state index contributed by atoms with van der Waals surface area (Å²) in [7, 11) is 3.14. The van der Waals surface area contributed by atoms with Crippen LogP contribution in [0.5, 0.6) is 0 Å². The van der Waals surface area contributed by atoms with E-state index in [1.165, 1.54) is 0 Å².